The summed E-state index contributed by atoms with van der Waals surface area (Å²) in [5.41, 5.74) is 0.742. The van der Waals surface area contributed by atoms with E-state index in [0.29, 0.717) is 54.1 Å². The van der Waals surface area contributed by atoms with Crippen molar-refractivity contribution >= 4 is 28.3 Å². The first-order chi connectivity index (χ1) is 17.3. The van der Waals surface area contributed by atoms with E-state index in [2.05, 4.69) is 4.98 Å². The number of carbonyl (C=O) groups is 2. The van der Waals surface area contributed by atoms with Gasteiger partial charge in [-0.05, 0) is 55.5 Å². The molecule has 1 aliphatic heterocycles. The Morgan fingerprint density at radius 1 is 0.861 bits per heavy atom. The highest BCUT2D eigenvalue weighted by atomic mass is 19.1. The molecule has 0 unspecified atom stereocenters. The summed E-state index contributed by atoms with van der Waals surface area (Å²) in [7, 11) is 0. The number of carbonyl (C=O) groups excluding carboxylic acids is 2. The maximum absolute atomic E-state index is 14.5. The molecule has 0 radical (unpaired) electrons. The quantitative estimate of drug-likeness (QED) is 0.448. The maximum atomic E-state index is 14.5. The number of aromatic nitrogens is 2. The van der Waals surface area contributed by atoms with Crippen molar-refractivity contribution in [2.24, 2.45) is 0 Å². The lowest BCUT2D eigenvalue weighted by molar-refractivity contribution is 0.0746. The standard InChI is InChI=1S/C27H23FN4O4/c1-17(33)18-8-10-24(22(28)15-18)30-11-13-31(14-12-30)25(34)19-7-9-21-23(16-19)29-27(36)32(26(21)35)20-5-3-2-4-6-20/h2-10,15-16H,11-14H2,1H3,(H,29,36). The van der Waals surface area contributed by atoms with Crippen molar-refractivity contribution < 1.29 is 14.0 Å². The fraction of sp³-hybridized carbons (Fsp3) is 0.185. The summed E-state index contributed by atoms with van der Waals surface area (Å²) in [4.78, 5) is 56.5. The lowest BCUT2D eigenvalue weighted by Gasteiger charge is -2.36. The van der Waals surface area contributed by atoms with E-state index < -0.39 is 17.1 Å². The number of Topliss-reactive ketones (excluding diaryl/α,β-unsaturated/α-hetero) is 1. The van der Waals surface area contributed by atoms with Crippen LogP contribution in [0.1, 0.15) is 27.6 Å². The monoisotopic (exact) mass is 486 g/mol. The molecule has 5 rings (SSSR count). The minimum atomic E-state index is -0.588. The van der Waals surface area contributed by atoms with Crippen LogP contribution in [0.2, 0.25) is 0 Å². The van der Waals surface area contributed by atoms with E-state index in [4.69, 9.17) is 0 Å². The van der Waals surface area contributed by atoms with Crippen LogP contribution in [0.5, 0.6) is 0 Å². The highest BCUT2D eigenvalue weighted by molar-refractivity contribution is 5.98. The number of para-hydroxylation sites is 1. The van der Waals surface area contributed by atoms with E-state index in [1.165, 1.54) is 19.1 Å². The largest absolute Gasteiger partial charge is 0.366 e. The molecular formula is C27H23FN4O4. The first kappa shape index (κ1) is 23.2. The predicted octanol–water partition coefficient (Wildman–Crippen LogP) is 2.98. The Balaban J connectivity index is 1.35. The van der Waals surface area contributed by atoms with Crippen LogP contribution in [0.4, 0.5) is 10.1 Å². The number of hydrogen-bond donors (Lipinski definition) is 1. The number of H-pyrrole nitrogens is 1. The van der Waals surface area contributed by atoms with Gasteiger partial charge < -0.3 is 14.8 Å². The van der Waals surface area contributed by atoms with Crippen molar-refractivity contribution in [1.82, 2.24) is 14.5 Å². The normalized spacial score (nSPS) is 13.7. The maximum Gasteiger partial charge on any atom is 0.333 e. The Bertz CT molecular complexity index is 1600. The molecule has 0 aliphatic carbocycles. The van der Waals surface area contributed by atoms with Crippen LogP contribution in [-0.2, 0) is 0 Å². The Morgan fingerprint density at radius 3 is 2.22 bits per heavy atom. The van der Waals surface area contributed by atoms with Crippen molar-refractivity contribution in [2.75, 3.05) is 31.1 Å². The molecule has 1 saturated heterocycles. The van der Waals surface area contributed by atoms with Gasteiger partial charge in [-0.1, -0.05) is 18.2 Å². The summed E-state index contributed by atoms with van der Waals surface area (Å²) in [6, 6.07) is 17.7. The van der Waals surface area contributed by atoms with Gasteiger partial charge in [-0.15, -0.1) is 0 Å². The Labute approximate surface area is 205 Å². The number of hydrogen-bond acceptors (Lipinski definition) is 5. The number of benzene rings is 3. The summed E-state index contributed by atoms with van der Waals surface area (Å²) >= 11 is 0. The van der Waals surface area contributed by atoms with Gasteiger partial charge in [-0.3, -0.25) is 14.4 Å². The molecule has 0 atom stereocenters. The highest BCUT2D eigenvalue weighted by Crippen LogP contribution is 2.23. The molecule has 0 saturated carbocycles. The molecule has 1 aromatic heterocycles. The average Bonchev–Trinajstić information content (AvgIpc) is 2.88. The second kappa shape index (κ2) is 9.26. The van der Waals surface area contributed by atoms with E-state index in [9.17, 15) is 23.6 Å². The van der Waals surface area contributed by atoms with Crippen LogP contribution >= 0.6 is 0 Å². The number of halogens is 1. The van der Waals surface area contributed by atoms with Gasteiger partial charge in [0.15, 0.2) is 5.78 Å². The molecule has 1 aliphatic rings. The van der Waals surface area contributed by atoms with Crippen molar-refractivity contribution in [3.8, 4) is 5.69 Å². The van der Waals surface area contributed by atoms with E-state index in [1.807, 2.05) is 4.90 Å². The number of fused-ring (bicyclic) bond motifs is 1. The smallest absolute Gasteiger partial charge is 0.333 e. The van der Waals surface area contributed by atoms with Gasteiger partial charge in [-0.25, -0.2) is 13.8 Å². The van der Waals surface area contributed by atoms with Crippen LogP contribution < -0.4 is 16.1 Å². The zero-order valence-electron chi connectivity index (χ0n) is 19.5. The summed E-state index contributed by atoms with van der Waals surface area (Å²) < 4.78 is 15.6. The first-order valence-corrected chi connectivity index (χ1v) is 11.5. The third-order valence-corrected chi connectivity index (χ3v) is 6.42. The molecule has 1 fully saturated rings. The van der Waals surface area contributed by atoms with Gasteiger partial charge >= 0.3 is 5.69 Å². The number of nitrogens with one attached hydrogen (secondary N) is 1. The zero-order chi connectivity index (χ0) is 25.4. The summed E-state index contributed by atoms with van der Waals surface area (Å²) in [6.07, 6.45) is 0. The van der Waals surface area contributed by atoms with Crippen LogP contribution in [0.25, 0.3) is 16.6 Å². The number of ketones is 1. The lowest BCUT2D eigenvalue weighted by Crippen LogP contribution is -2.49. The highest BCUT2D eigenvalue weighted by Gasteiger charge is 2.24. The average molecular weight is 487 g/mol. The molecule has 3 aromatic carbocycles. The van der Waals surface area contributed by atoms with Crippen molar-refractivity contribution in [2.45, 2.75) is 6.92 Å². The van der Waals surface area contributed by atoms with Crippen LogP contribution in [0.3, 0.4) is 0 Å². The summed E-state index contributed by atoms with van der Waals surface area (Å²) in [5, 5.41) is 0.296. The molecule has 1 amide bonds. The Hall–Kier alpha value is -4.53. The third kappa shape index (κ3) is 4.19. The Kier molecular flexibility index (Phi) is 5.97. The van der Waals surface area contributed by atoms with Gasteiger partial charge in [-0.2, -0.15) is 0 Å². The van der Waals surface area contributed by atoms with Crippen LogP contribution in [0.15, 0.2) is 76.3 Å². The molecule has 182 valence electrons. The van der Waals surface area contributed by atoms with E-state index in [-0.39, 0.29) is 17.2 Å². The molecule has 9 heteroatoms. The molecule has 2 heterocycles. The number of nitrogens with zero attached hydrogens (tertiary/aromatic N) is 3. The minimum Gasteiger partial charge on any atom is -0.366 e. The molecule has 36 heavy (non-hydrogen) atoms. The summed E-state index contributed by atoms with van der Waals surface area (Å²) in [5.74, 6) is -0.911. The van der Waals surface area contributed by atoms with Crippen molar-refractivity contribution in [3.05, 3.63) is 105 Å². The molecule has 8 nitrogen and oxygen atoms in total. The van der Waals surface area contributed by atoms with E-state index >= 15 is 0 Å². The van der Waals surface area contributed by atoms with Crippen LogP contribution in [0, 0.1) is 5.82 Å². The second-order valence-electron chi connectivity index (χ2n) is 8.67. The molecule has 0 spiro atoms. The number of piperazine rings is 1. The minimum absolute atomic E-state index is 0.202. The molecule has 1 N–H and O–H groups in total. The van der Waals surface area contributed by atoms with Crippen molar-refractivity contribution in [3.63, 3.8) is 0 Å². The topological polar surface area (TPSA) is 95.5 Å². The SMILES string of the molecule is CC(=O)c1ccc(N2CCN(C(=O)c3ccc4c(=O)n(-c5ccccc5)c(=O)[nH]c4c3)CC2)c(F)c1. The fourth-order valence-corrected chi connectivity index (χ4v) is 4.48. The van der Waals surface area contributed by atoms with Gasteiger partial charge in [0, 0.05) is 37.3 Å². The summed E-state index contributed by atoms with van der Waals surface area (Å²) in [6.45, 7) is 2.98. The van der Waals surface area contributed by atoms with E-state index in [0.717, 1.165) is 4.57 Å². The van der Waals surface area contributed by atoms with Gasteiger partial charge in [0.25, 0.3) is 11.5 Å². The molecule has 4 aromatic rings. The molecule has 0 bridgehead atoms. The number of rotatable bonds is 4. The third-order valence-electron chi connectivity index (χ3n) is 6.42. The number of amides is 1. The van der Waals surface area contributed by atoms with Crippen molar-refractivity contribution in [1.29, 1.82) is 0 Å². The van der Waals surface area contributed by atoms with E-state index in [1.54, 1.807) is 59.5 Å². The molecular weight excluding hydrogens is 463 g/mol. The Morgan fingerprint density at radius 2 is 1.56 bits per heavy atom. The van der Waals surface area contributed by atoms with Gasteiger partial charge in [0.2, 0.25) is 0 Å². The fourth-order valence-electron chi connectivity index (χ4n) is 4.48. The number of aromatic amines is 1. The van der Waals surface area contributed by atoms with Gasteiger partial charge in [0.1, 0.15) is 5.82 Å². The second-order valence-corrected chi connectivity index (χ2v) is 8.67. The number of anilines is 1. The first-order valence-electron chi connectivity index (χ1n) is 11.5. The van der Waals surface area contributed by atoms with Gasteiger partial charge in [0.05, 0.1) is 22.3 Å². The lowest BCUT2D eigenvalue weighted by atomic mass is 10.1. The predicted molar refractivity (Wildman–Crippen MR) is 135 cm³/mol. The zero-order valence-corrected chi connectivity index (χ0v) is 19.5. The van der Waals surface area contributed by atoms with Crippen LogP contribution in [-0.4, -0.2) is 52.3 Å².